The molecule has 0 unspecified atom stereocenters. The molecule has 0 aromatic carbocycles. The summed E-state index contributed by atoms with van der Waals surface area (Å²) in [6.07, 6.45) is 4.63. The van der Waals surface area contributed by atoms with Crippen molar-refractivity contribution in [1.29, 1.82) is 0 Å². The maximum absolute atomic E-state index is 5.49. The first kappa shape index (κ1) is 8.97. The quantitative estimate of drug-likeness (QED) is 0.794. The smallest absolute Gasteiger partial charge is 0.137 e. The van der Waals surface area contributed by atoms with Gasteiger partial charge in [-0.1, -0.05) is 12.6 Å². The molecule has 3 nitrogen and oxygen atoms in total. The third-order valence-corrected chi connectivity index (χ3v) is 2.23. The number of nitrogens with zero attached hydrogens (tertiary/aromatic N) is 2. The van der Waals surface area contributed by atoms with E-state index in [-0.39, 0.29) is 0 Å². The fourth-order valence-electron chi connectivity index (χ4n) is 1.50. The third-order valence-electron chi connectivity index (χ3n) is 2.23. The zero-order valence-corrected chi connectivity index (χ0v) is 7.98. The first-order chi connectivity index (χ1) is 6.83. The molecule has 3 heteroatoms. The van der Waals surface area contributed by atoms with Gasteiger partial charge in [-0.2, -0.15) is 0 Å². The highest BCUT2D eigenvalue weighted by molar-refractivity contribution is 5.63. The zero-order chi connectivity index (χ0) is 9.97. The summed E-state index contributed by atoms with van der Waals surface area (Å²) in [4.78, 5) is 4.28. The monoisotopic (exact) mass is 187 g/mol. The molecule has 0 radical (unpaired) electrons. The van der Waals surface area contributed by atoms with Crippen LogP contribution in [0, 0.1) is 0 Å². The van der Waals surface area contributed by atoms with Crippen LogP contribution in [-0.4, -0.2) is 15.9 Å². The van der Waals surface area contributed by atoms with Crippen molar-refractivity contribution in [1.82, 2.24) is 9.38 Å². The van der Waals surface area contributed by atoms with Gasteiger partial charge < -0.3 is 10.1 Å². The van der Waals surface area contributed by atoms with Crippen LogP contribution in [0.1, 0.15) is 12.1 Å². The lowest BCUT2D eigenvalue weighted by molar-refractivity contribution is 1.01. The van der Waals surface area contributed by atoms with Gasteiger partial charge in [0.1, 0.15) is 5.65 Å². The molecular formula is C11H13N3. The van der Waals surface area contributed by atoms with Gasteiger partial charge in [0.2, 0.25) is 0 Å². The van der Waals surface area contributed by atoms with E-state index < -0.39 is 0 Å². The minimum absolute atomic E-state index is 0.624. The summed E-state index contributed by atoms with van der Waals surface area (Å²) in [7, 11) is 0. The Hall–Kier alpha value is -1.61. The molecule has 0 saturated heterocycles. The van der Waals surface area contributed by atoms with Crippen LogP contribution in [0.4, 0.5) is 0 Å². The molecule has 0 saturated carbocycles. The zero-order valence-electron chi connectivity index (χ0n) is 7.98. The van der Waals surface area contributed by atoms with Crippen molar-refractivity contribution in [2.75, 3.05) is 6.54 Å². The number of nitrogens with two attached hydrogens (primary N) is 1. The number of hydrogen-bond donors (Lipinski definition) is 1. The van der Waals surface area contributed by atoms with E-state index in [1.54, 1.807) is 0 Å². The Kier molecular flexibility index (Phi) is 2.33. The SMILES string of the molecule is C=C(CCN)c1cnc2ccccn12. The average Bonchev–Trinajstić information content (AvgIpc) is 2.61. The summed E-state index contributed by atoms with van der Waals surface area (Å²) in [6, 6.07) is 5.92. The molecular weight excluding hydrogens is 174 g/mol. The van der Waals surface area contributed by atoms with Gasteiger partial charge in [0.25, 0.3) is 0 Å². The Labute approximate surface area is 82.9 Å². The summed E-state index contributed by atoms with van der Waals surface area (Å²) in [5.41, 5.74) is 8.51. The molecule has 14 heavy (non-hydrogen) atoms. The summed E-state index contributed by atoms with van der Waals surface area (Å²) in [5, 5.41) is 0. The summed E-state index contributed by atoms with van der Waals surface area (Å²) in [6.45, 7) is 4.62. The molecule has 0 atom stereocenters. The van der Waals surface area contributed by atoms with Crippen LogP contribution < -0.4 is 5.73 Å². The van der Waals surface area contributed by atoms with E-state index in [1.165, 1.54) is 0 Å². The third kappa shape index (κ3) is 1.42. The molecule has 0 aliphatic heterocycles. The van der Waals surface area contributed by atoms with Crippen LogP contribution in [0.25, 0.3) is 11.2 Å². The number of fused-ring (bicyclic) bond motifs is 1. The van der Waals surface area contributed by atoms with Crippen molar-refractivity contribution >= 4 is 11.2 Å². The van der Waals surface area contributed by atoms with Crippen LogP contribution in [0.2, 0.25) is 0 Å². The molecule has 2 aromatic rings. The van der Waals surface area contributed by atoms with E-state index in [4.69, 9.17) is 5.73 Å². The predicted molar refractivity (Wildman–Crippen MR) is 57.9 cm³/mol. The summed E-state index contributed by atoms with van der Waals surface area (Å²) < 4.78 is 2.03. The van der Waals surface area contributed by atoms with Crippen LogP contribution in [0.3, 0.4) is 0 Å². The standard InChI is InChI=1S/C11H13N3/c1-9(5-6-12)10-8-13-11-4-2-3-7-14(10)11/h2-4,7-8H,1,5-6,12H2. The molecule has 0 aliphatic carbocycles. The lowest BCUT2D eigenvalue weighted by Crippen LogP contribution is -2.00. The summed E-state index contributed by atoms with van der Waals surface area (Å²) >= 11 is 0. The van der Waals surface area contributed by atoms with Gasteiger partial charge in [0.05, 0.1) is 11.9 Å². The van der Waals surface area contributed by atoms with Crippen LogP contribution in [0.5, 0.6) is 0 Å². The highest BCUT2D eigenvalue weighted by Crippen LogP contribution is 2.16. The van der Waals surface area contributed by atoms with Gasteiger partial charge in [-0.05, 0) is 30.7 Å². The number of pyridine rings is 1. The second kappa shape index (κ2) is 3.64. The Morgan fingerprint density at radius 3 is 3.14 bits per heavy atom. The van der Waals surface area contributed by atoms with E-state index in [0.29, 0.717) is 6.54 Å². The average molecular weight is 187 g/mol. The van der Waals surface area contributed by atoms with Crippen molar-refractivity contribution in [3.05, 3.63) is 42.9 Å². The maximum atomic E-state index is 5.49. The van der Waals surface area contributed by atoms with Gasteiger partial charge >= 0.3 is 0 Å². The minimum Gasteiger partial charge on any atom is -0.330 e. The van der Waals surface area contributed by atoms with Crippen molar-refractivity contribution < 1.29 is 0 Å². The maximum Gasteiger partial charge on any atom is 0.137 e. The second-order valence-electron chi connectivity index (χ2n) is 3.21. The van der Waals surface area contributed by atoms with Gasteiger partial charge in [0, 0.05) is 6.20 Å². The van der Waals surface area contributed by atoms with Crippen molar-refractivity contribution in [2.24, 2.45) is 5.73 Å². The molecule has 2 rings (SSSR count). The number of imidazole rings is 1. The highest BCUT2D eigenvalue weighted by atomic mass is 15.0. The normalized spacial score (nSPS) is 10.6. The topological polar surface area (TPSA) is 43.3 Å². The molecule has 0 amide bonds. The second-order valence-corrected chi connectivity index (χ2v) is 3.21. The predicted octanol–water partition coefficient (Wildman–Crippen LogP) is 1.70. The fraction of sp³-hybridized carbons (Fsp3) is 0.182. The highest BCUT2D eigenvalue weighted by Gasteiger charge is 2.04. The van der Waals surface area contributed by atoms with E-state index in [2.05, 4.69) is 11.6 Å². The Morgan fingerprint density at radius 2 is 2.36 bits per heavy atom. The molecule has 72 valence electrons. The van der Waals surface area contributed by atoms with Gasteiger partial charge in [-0.15, -0.1) is 0 Å². The first-order valence-electron chi connectivity index (χ1n) is 4.63. The Morgan fingerprint density at radius 1 is 1.50 bits per heavy atom. The number of hydrogen-bond acceptors (Lipinski definition) is 2. The molecule has 2 heterocycles. The Bertz CT molecular complexity index is 456. The minimum atomic E-state index is 0.624. The van der Waals surface area contributed by atoms with Crippen molar-refractivity contribution in [3.63, 3.8) is 0 Å². The molecule has 0 spiro atoms. The Balaban J connectivity index is 2.47. The van der Waals surface area contributed by atoms with E-state index in [9.17, 15) is 0 Å². The van der Waals surface area contributed by atoms with Crippen LogP contribution >= 0.6 is 0 Å². The van der Waals surface area contributed by atoms with Crippen LogP contribution in [0.15, 0.2) is 37.2 Å². The van der Waals surface area contributed by atoms with Gasteiger partial charge in [-0.25, -0.2) is 4.98 Å². The molecule has 2 aromatic heterocycles. The van der Waals surface area contributed by atoms with Crippen molar-refractivity contribution in [2.45, 2.75) is 6.42 Å². The molecule has 0 aliphatic rings. The van der Waals surface area contributed by atoms with E-state index >= 15 is 0 Å². The largest absolute Gasteiger partial charge is 0.330 e. The van der Waals surface area contributed by atoms with Crippen LogP contribution in [-0.2, 0) is 0 Å². The fourth-order valence-corrected chi connectivity index (χ4v) is 1.50. The molecule has 0 bridgehead atoms. The number of rotatable bonds is 3. The lowest BCUT2D eigenvalue weighted by Gasteiger charge is -2.03. The molecule has 2 N–H and O–H groups in total. The van der Waals surface area contributed by atoms with E-state index in [1.807, 2.05) is 35.0 Å². The first-order valence-corrected chi connectivity index (χ1v) is 4.63. The van der Waals surface area contributed by atoms with Gasteiger partial charge in [0.15, 0.2) is 0 Å². The lowest BCUT2D eigenvalue weighted by atomic mass is 10.1. The molecule has 0 fully saturated rings. The number of aromatic nitrogens is 2. The van der Waals surface area contributed by atoms with Crippen molar-refractivity contribution in [3.8, 4) is 0 Å². The van der Waals surface area contributed by atoms with E-state index in [0.717, 1.165) is 23.3 Å². The van der Waals surface area contributed by atoms with Gasteiger partial charge in [-0.3, -0.25) is 0 Å². The summed E-state index contributed by atoms with van der Waals surface area (Å²) in [5.74, 6) is 0.